The molecule has 0 spiro atoms. The van der Waals surface area contributed by atoms with E-state index in [1.807, 2.05) is 6.08 Å². The highest BCUT2D eigenvalue weighted by atomic mass is 16.8. The van der Waals surface area contributed by atoms with Crippen molar-refractivity contribution in [1.82, 2.24) is 5.32 Å². The molecule has 5 aliphatic heterocycles. The van der Waals surface area contributed by atoms with Crippen molar-refractivity contribution in [3.63, 3.8) is 0 Å². The summed E-state index contributed by atoms with van der Waals surface area (Å²) in [6.07, 6.45) is -13.5. The van der Waals surface area contributed by atoms with Crippen LogP contribution in [0.25, 0.3) is 0 Å². The van der Waals surface area contributed by atoms with Crippen LogP contribution in [0.3, 0.4) is 0 Å². The van der Waals surface area contributed by atoms with Crippen LogP contribution in [0.5, 0.6) is 0 Å². The number of carbonyl (C=O) groups is 1. The molecule has 0 aromatic rings. The highest BCUT2D eigenvalue weighted by Crippen LogP contribution is 2.36. The molecule has 5 heterocycles. The van der Waals surface area contributed by atoms with E-state index in [1.54, 1.807) is 6.08 Å². The first kappa shape index (κ1) is 83.8. The van der Waals surface area contributed by atoms with Crippen LogP contribution in [-0.2, 0) is 52.2 Å². The largest absolute Gasteiger partial charge is 0.394 e. The average Bonchev–Trinajstić information content (AvgIpc) is 0.794. The van der Waals surface area contributed by atoms with Crippen LogP contribution in [0.2, 0.25) is 0 Å². The number of aliphatic hydroxyl groups is 17. The van der Waals surface area contributed by atoms with Crippen LogP contribution < -0.4 is 5.32 Å². The number of hydrogen-bond acceptors (Lipinski definition) is 28. The number of nitrogens with one attached hydrogen (secondary N) is 1. The minimum Gasteiger partial charge on any atom is -0.394 e. The molecule has 29 nitrogen and oxygen atoms in total. The molecule has 18 N–H and O–H groups in total. The van der Waals surface area contributed by atoms with Crippen molar-refractivity contribution >= 4 is 5.91 Å². The van der Waals surface area contributed by atoms with Gasteiger partial charge in [-0.25, -0.2) is 0 Å². The Morgan fingerprint density at radius 1 is 0.368 bits per heavy atom. The zero-order chi connectivity index (χ0) is 69.4. The summed E-state index contributed by atoms with van der Waals surface area (Å²) in [4.78, 5) is 13.4. The molecule has 5 rings (SSSR count). The smallest absolute Gasteiger partial charge is 0.220 e. The predicted octanol–water partition coefficient (Wildman–Crippen LogP) is -0.536. The fourth-order valence-electron chi connectivity index (χ4n) is 12.8. The Labute approximate surface area is 559 Å². The molecular formula is C66H121NO28. The first-order valence-corrected chi connectivity index (χ1v) is 35.5. The van der Waals surface area contributed by atoms with Gasteiger partial charge < -0.3 is 139 Å². The Hall–Kier alpha value is -1.87. The van der Waals surface area contributed by atoms with Crippen molar-refractivity contribution in [3.05, 3.63) is 12.2 Å². The summed E-state index contributed by atoms with van der Waals surface area (Å²) in [7, 11) is 0. The summed E-state index contributed by atoms with van der Waals surface area (Å²) in [5.74, 6) is -0.319. The van der Waals surface area contributed by atoms with Gasteiger partial charge in [-0.2, -0.15) is 0 Å². The van der Waals surface area contributed by atoms with Gasteiger partial charge in [0.1, 0.15) is 122 Å². The minimum atomic E-state index is -2.18. The molecule has 0 aliphatic carbocycles. The van der Waals surface area contributed by atoms with Gasteiger partial charge in [0.2, 0.25) is 5.91 Å². The second-order valence-electron chi connectivity index (χ2n) is 26.4. The highest BCUT2D eigenvalue weighted by molar-refractivity contribution is 5.76. The van der Waals surface area contributed by atoms with E-state index in [4.69, 9.17) is 47.4 Å². The molecule has 10 unspecified atom stereocenters. The SMILES string of the molecule is CCCCCCCCCCCCC/C=C/[C@@H](O)[C@H](CO[C@@H]1OC(CO)[C@@H](O[C@@H]2OC(CO)[C@H](O[C@@H]3OC(CO)[C@H](O)[C@H](O[C@H]4OC(CO)[C@H](O)[C@H](O[C@H]5OC(CO)[C@H](O)[C@H](O)C5O)C4O)C3O)[C@H](O)C2O)[C@H](O)C1O)NC(=O)CCCCCCCCCCCCCCCCC. The van der Waals surface area contributed by atoms with Crippen LogP contribution in [-0.4, -0.2) is 298 Å². The number of carbonyl (C=O) groups excluding carboxylic acids is 1. The zero-order valence-electron chi connectivity index (χ0n) is 55.9. The molecule has 5 saturated heterocycles. The van der Waals surface area contributed by atoms with Crippen molar-refractivity contribution in [2.45, 2.75) is 359 Å². The molecule has 558 valence electrons. The molecule has 0 bridgehead atoms. The molecule has 0 saturated carbocycles. The maximum Gasteiger partial charge on any atom is 0.220 e. The predicted molar refractivity (Wildman–Crippen MR) is 338 cm³/mol. The molecule has 29 heteroatoms. The van der Waals surface area contributed by atoms with Crippen molar-refractivity contribution in [2.75, 3.05) is 39.6 Å². The number of unbranched alkanes of at least 4 members (excludes halogenated alkanes) is 25. The second-order valence-corrected chi connectivity index (χ2v) is 26.4. The van der Waals surface area contributed by atoms with E-state index in [0.29, 0.717) is 12.8 Å². The topological polar surface area (TPSA) is 465 Å². The van der Waals surface area contributed by atoms with Crippen molar-refractivity contribution in [1.29, 1.82) is 0 Å². The molecular weight excluding hydrogens is 1250 g/mol. The normalized spacial score (nSPS) is 37.0. The fourth-order valence-corrected chi connectivity index (χ4v) is 12.8. The van der Waals surface area contributed by atoms with E-state index in [9.17, 15) is 91.6 Å². The Balaban J connectivity index is 1.16. The first-order valence-electron chi connectivity index (χ1n) is 35.5. The summed E-state index contributed by atoms with van der Waals surface area (Å²) >= 11 is 0. The summed E-state index contributed by atoms with van der Waals surface area (Å²) in [6, 6.07) is -1.03. The maximum atomic E-state index is 13.4. The quantitative estimate of drug-likeness (QED) is 0.0269. The third kappa shape index (κ3) is 26.2. The molecule has 5 fully saturated rings. The number of ether oxygens (including phenoxy) is 10. The Kier molecular flexibility index (Phi) is 40.5. The van der Waals surface area contributed by atoms with Crippen LogP contribution in [0, 0.1) is 0 Å². The van der Waals surface area contributed by atoms with E-state index in [2.05, 4.69) is 19.2 Å². The van der Waals surface area contributed by atoms with Crippen LogP contribution >= 0.6 is 0 Å². The number of rotatable bonds is 47. The molecule has 27 atom stereocenters. The summed E-state index contributed by atoms with van der Waals surface area (Å²) in [6.45, 7) is -0.666. The monoisotopic (exact) mass is 1380 g/mol. The first-order chi connectivity index (χ1) is 45.8. The van der Waals surface area contributed by atoms with Crippen LogP contribution in [0.15, 0.2) is 12.2 Å². The number of allylic oxidation sites excluding steroid dienone is 1. The second kappa shape index (κ2) is 45.9. The Bertz CT molecular complexity index is 2020. The van der Waals surface area contributed by atoms with Gasteiger partial charge in [-0.1, -0.05) is 180 Å². The maximum absolute atomic E-state index is 13.4. The van der Waals surface area contributed by atoms with E-state index in [-0.39, 0.29) is 12.3 Å². The van der Waals surface area contributed by atoms with Crippen LogP contribution in [0.1, 0.15) is 194 Å². The molecule has 0 radical (unpaired) electrons. The summed E-state index contributed by atoms with van der Waals surface area (Å²) in [5.41, 5.74) is 0. The number of hydrogen-bond donors (Lipinski definition) is 18. The van der Waals surface area contributed by atoms with Gasteiger partial charge in [0.05, 0.1) is 51.8 Å². The third-order valence-corrected chi connectivity index (χ3v) is 18.8. The van der Waals surface area contributed by atoms with Crippen LogP contribution in [0.4, 0.5) is 0 Å². The van der Waals surface area contributed by atoms with E-state index in [1.165, 1.54) is 116 Å². The third-order valence-electron chi connectivity index (χ3n) is 18.8. The molecule has 1 amide bonds. The van der Waals surface area contributed by atoms with Crippen molar-refractivity contribution < 1.29 is 139 Å². The molecule has 5 aliphatic rings. The lowest BCUT2D eigenvalue weighted by Gasteiger charge is -2.49. The lowest BCUT2D eigenvalue weighted by atomic mass is 9.95. The summed E-state index contributed by atoms with van der Waals surface area (Å²) in [5, 5.41) is 188. The van der Waals surface area contributed by atoms with Crippen molar-refractivity contribution in [2.24, 2.45) is 0 Å². The van der Waals surface area contributed by atoms with Gasteiger partial charge in [0.25, 0.3) is 0 Å². The number of amides is 1. The molecule has 95 heavy (non-hydrogen) atoms. The number of aliphatic hydroxyl groups excluding tert-OH is 17. The standard InChI is InChI=1S/C66H121NO28/c1-3-5-7-9-11-13-15-17-18-20-22-24-26-28-30-32-46(74)67-39(40(73)31-29-27-25-23-21-19-16-14-12-10-8-6-4-2)38-86-62-54(82)51(79)58(44(36-71)90-62)92-64-55(83)52(80)59(45(37-72)91-64)93-65-56(84)61(49(77)42(34-69)88-65)95-66-57(85)60(48(76)43(35-70)89-66)94-63-53(81)50(78)47(75)41(33-68)87-63/h29,31,39-45,47-66,68-73,75-85H,3-28,30,32-38H2,1-2H3,(H,67,74)/b31-29+/t39-,40+,41?,42?,43?,44?,45?,47-,48-,49-,50-,51+,52+,53?,54?,55?,56?,57?,58+,59-,60-,61-,62+,63+,64-,65-,66+/m0/s1. The van der Waals surface area contributed by atoms with E-state index < -0.39 is 205 Å². The lowest BCUT2D eigenvalue weighted by Crippen LogP contribution is -2.68. The minimum absolute atomic E-state index is 0.201. The van der Waals surface area contributed by atoms with E-state index >= 15 is 0 Å². The van der Waals surface area contributed by atoms with Crippen molar-refractivity contribution in [3.8, 4) is 0 Å². The van der Waals surface area contributed by atoms with Gasteiger partial charge in [-0.05, 0) is 19.3 Å². The fraction of sp³-hybridized carbons (Fsp3) is 0.955. The molecule has 0 aromatic heterocycles. The van der Waals surface area contributed by atoms with E-state index in [0.717, 1.165) is 44.9 Å². The van der Waals surface area contributed by atoms with Gasteiger partial charge >= 0.3 is 0 Å². The average molecular weight is 1380 g/mol. The van der Waals surface area contributed by atoms with Gasteiger partial charge in [0, 0.05) is 6.42 Å². The Morgan fingerprint density at radius 2 is 0.684 bits per heavy atom. The van der Waals surface area contributed by atoms with Gasteiger partial charge in [-0.15, -0.1) is 0 Å². The zero-order valence-corrected chi connectivity index (χ0v) is 55.9. The highest BCUT2D eigenvalue weighted by Gasteiger charge is 2.57. The summed E-state index contributed by atoms with van der Waals surface area (Å²) < 4.78 is 57.3. The lowest BCUT2D eigenvalue weighted by molar-refractivity contribution is -0.394. The Morgan fingerprint density at radius 3 is 1.08 bits per heavy atom. The van der Waals surface area contributed by atoms with Gasteiger partial charge in [0.15, 0.2) is 31.5 Å². The van der Waals surface area contributed by atoms with Gasteiger partial charge in [-0.3, -0.25) is 4.79 Å². The molecule has 0 aromatic carbocycles.